The predicted octanol–water partition coefficient (Wildman–Crippen LogP) is 4.36. The standard InChI is InChI=1S/C17H18N2O4S/c1-3-10-23-16-7-5-4-6-14(16)18-17(20)13-11-12(24-2)8-9-15(13)19(21)22/h4-9,11H,3,10H2,1-2H3,(H,18,20). The molecule has 24 heavy (non-hydrogen) atoms. The van der Waals surface area contributed by atoms with Gasteiger partial charge in [0.25, 0.3) is 11.6 Å². The van der Waals surface area contributed by atoms with Crippen molar-refractivity contribution >= 4 is 29.0 Å². The fourth-order valence-electron chi connectivity index (χ4n) is 2.08. The summed E-state index contributed by atoms with van der Waals surface area (Å²) >= 11 is 1.41. The zero-order valence-electron chi connectivity index (χ0n) is 13.4. The van der Waals surface area contributed by atoms with E-state index in [1.54, 1.807) is 30.3 Å². The van der Waals surface area contributed by atoms with E-state index in [4.69, 9.17) is 4.74 Å². The quantitative estimate of drug-likeness (QED) is 0.458. The fraction of sp³-hybridized carbons (Fsp3) is 0.235. The monoisotopic (exact) mass is 346 g/mol. The molecule has 126 valence electrons. The number of para-hydroxylation sites is 2. The molecular weight excluding hydrogens is 328 g/mol. The largest absolute Gasteiger partial charge is 0.491 e. The van der Waals surface area contributed by atoms with Crippen LogP contribution in [-0.2, 0) is 0 Å². The van der Waals surface area contributed by atoms with Crippen LogP contribution >= 0.6 is 11.8 Å². The van der Waals surface area contributed by atoms with Crippen molar-refractivity contribution in [1.29, 1.82) is 0 Å². The number of anilines is 1. The molecule has 0 saturated carbocycles. The van der Waals surface area contributed by atoms with E-state index in [9.17, 15) is 14.9 Å². The molecular formula is C17H18N2O4S. The van der Waals surface area contributed by atoms with Crippen LogP contribution in [0, 0.1) is 10.1 Å². The van der Waals surface area contributed by atoms with Gasteiger partial charge in [-0.3, -0.25) is 14.9 Å². The highest BCUT2D eigenvalue weighted by molar-refractivity contribution is 7.98. The molecule has 6 nitrogen and oxygen atoms in total. The van der Waals surface area contributed by atoms with Crippen molar-refractivity contribution in [2.24, 2.45) is 0 Å². The van der Waals surface area contributed by atoms with Crippen molar-refractivity contribution in [3.8, 4) is 5.75 Å². The van der Waals surface area contributed by atoms with E-state index in [1.807, 2.05) is 13.2 Å². The Hall–Kier alpha value is -2.54. The third kappa shape index (κ3) is 4.26. The molecule has 0 heterocycles. The second kappa shape index (κ2) is 8.35. The highest BCUT2D eigenvalue weighted by atomic mass is 32.2. The van der Waals surface area contributed by atoms with Crippen LogP contribution in [0.25, 0.3) is 0 Å². The molecule has 0 unspecified atom stereocenters. The lowest BCUT2D eigenvalue weighted by Crippen LogP contribution is -2.15. The maximum atomic E-state index is 12.6. The fourth-order valence-corrected chi connectivity index (χ4v) is 2.52. The summed E-state index contributed by atoms with van der Waals surface area (Å²) in [5, 5.41) is 13.9. The summed E-state index contributed by atoms with van der Waals surface area (Å²) in [6.45, 7) is 2.51. The molecule has 0 aliphatic carbocycles. The SMILES string of the molecule is CCCOc1ccccc1NC(=O)c1cc(SC)ccc1[N+](=O)[O-]. The number of benzene rings is 2. The molecule has 1 N–H and O–H groups in total. The average Bonchev–Trinajstić information content (AvgIpc) is 2.60. The summed E-state index contributed by atoms with van der Waals surface area (Å²) in [6.07, 6.45) is 2.68. The number of rotatable bonds is 7. The number of ether oxygens (including phenoxy) is 1. The maximum absolute atomic E-state index is 12.6. The zero-order valence-corrected chi connectivity index (χ0v) is 14.3. The van der Waals surface area contributed by atoms with Gasteiger partial charge in [0, 0.05) is 11.0 Å². The highest BCUT2D eigenvalue weighted by Gasteiger charge is 2.21. The number of nitro groups is 1. The van der Waals surface area contributed by atoms with Crippen molar-refractivity contribution in [1.82, 2.24) is 0 Å². The Morgan fingerprint density at radius 1 is 1.29 bits per heavy atom. The van der Waals surface area contributed by atoms with Crippen LogP contribution in [0.5, 0.6) is 5.75 Å². The van der Waals surface area contributed by atoms with Crippen molar-refractivity contribution in [3.05, 3.63) is 58.1 Å². The van der Waals surface area contributed by atoms with E-state index in [1.165, 1.54) is 23.9 Å². The summed E-state index contributed by atoms with van der Waals surface area (Å²) in [5.74, 6) is 0.00141. The molecule has 0 fully saturated rings. The topological polar surface area (TPSA) is 81.5 Å². The van der Waals surface area contributed by atoms with Crippen molar-refractivity contribution in [2.45, 2.75) is 18.2 Å². The molecule has 0 aliphatic rings. The third-order valence-electron chi connectivity index (χ3n) is 3.24. The van der Waals surface area contributed by atoms with Crippen LogP contribution < -0.4 is 10.1 Å². The number of amides is 1. The van der Waals surface area contributed by atoms with Gasteiger partial charge in [0.15, 0.2) is 0 Å². The number of hydrogen-bond acceptors (Lipinski definition) is 5. The van der Waals surface area contributed by atoms with Crippen LogP contribution in [0.15, 0.2) is 47.4 Å². The minimum Gasteiger partial charge on any atom is -0.491 e. The molecule has 0 spiro atoms. The number of nitrogens with one attached hydrogen (secondary N) is 1. The van der Waals surface area contributed by atoms with Crippen LogP contribution in [0.4, 0.5) is 11.4 Å². The summed E-state index contributed by atoms with van der Waals surface area (Å²) in [5.41, 5.74) is 0.286. The lowest BCUT2D eigenvalue weighted by atomic mass is 10.1. The predicted molar refractivity (Wildman–Crippen MR) is 95.1 cm³/mol. The molecule has 2 aromatic carbocycles. The first kappa shape index (κ1) is 17.8. The lowest BCUT2D eigenvalue weighted by molar-refractivity contribution is -0.385. The van der Waals surface area contributed by atoms with Gasteiger partial charge >= 0.3 is 0 Å². The zero-order chi connectivity index (χ0) is 17.5. The van der Waals surface area contributed by atoms with Gasteiger partial charge in [-0.15, -0.1) is 11.8 Å². The lowest BCUT2D eigenvalue weighted by Gasteiger charge is -2.12. The smallest absolute Gasteiger partial charge is 0.282 e. The Kier molecular flexibility index (Phi) is 6.20. The van der Waals surface area contributed by atoms with Gasteiger partial charge in [-0.2, -0.15) is 0 Å². The molecule has 1 amide bonds. The Balaban J connectivity index is 2.32. The minimum absolute atomic E-state index is 0.0251. The van der Waals surface area contributed by atoms with E-state index in [-0.39, 0.29) is 11.3 Å². The number of carbonyl (C=O) groups is 1. The number of nitrogens with zero attached hydrogens (tertiary/aromatic N) is 1. The van der Waals surface area contributed by atoms with Crippen molar-refractivity contribution in [3.63, 3.8) is 0 Å². The summed E-state index contributed by atoms with van der Waals surface area (Å²) < 4.78 is 5.59. The van der Waals surface area contributed by atoms with Gasteiger partial charge in [-0.25, -0.2) is 0 Å². The molecule has 0 aliphatic heterocycles. The summed E-state index contributed by atoms with van der Waals surface area (Å²) in [4.78, 5) is 24.0. The second-order valence-electron chi connectivity index (χ2n) is 4.94. The van der Waals surface area contributed by atoms with Gasteiger partial charge < -0.3 is 10.1 Å². The number of hydrogen-bond donors (Lipinski definition) is 1. The molecule has 2 aromatic rings. The van der Waals surface area contributed by atoms with Crippen molar-refractivity contribution in [2.75, 3.05) is 18.2 Å². The Morgan fingerprint density at radius 3 is 2.71 bits per heavy atom. The molecule has 0 radical (unpaired) electrons. The molecule has 0 saturated heterocycles. The van der Waals surface area contributed by atoms with Crippen LogP contribution in [0.3, 0.4) is 0 Å². The second-order valence-corrected chi connectivity index (χ2v) is 5.82. The first-order chi connectivity index (χ1) is 11.6. The first-order valence-electron chi connectivity index (χ1n) is 7.42. The van der Waals surface area contributed by atoms with Crippen molar-refractivity contribution < 1.29 is 14.5 Å². The van der Waals surface area contributed by atoms with Gasteiger partial charge in [-0.1, -0.05) is 19.1 Å². The van der Waals surface area contributed by atoms with Gasteiger partial charge in [0.2, 0.25) is 0 Å². The Labute approximate surface area is 144 Å². The summed E-state index contributed by atoms with van der Waals surface area (Å²) in [7, 11) is 0. The van der Waals surface area contributed by atoms with Gasteiger partial charge in [0.1, 0.15) is 11.3 Å². The van der Waals surface area contributed by atoms with Crippen LogP contribution in [-0.4, -0.2) is 23.7 Å². The van der Waals surface area contributed by atoms with E-state index in [2.05, 4.69) is 5.32 Å². The van der Waals surface area contributed by atoms with E-state index >= 15 is 0 Å². The van der Waals surface area contributed by atoms with Crippen LogP contribution in [0.2, 0.25) is 0 Å². The molecule has 0 aromatic heterocycles. The average molecular weight is 346 g/mol. The number of nitro benzene ring substituents is 1. The Morgan fingerprint density at radius 2 is 2.04 bits per heavy atom. The van der Waals surface area contributed by atoms with Crippen LogP contribution in [0.1, 0.15) is 23.7 Å². The van der Waals surface area contributed by atoms with E-state index in [0.717, 1.165) is 11.3 Å². The molecule has 2 rings (SSSR count). The normalized spacial score (nSPS) is 10.2. The molecule has 7 heteroatoms. The van der Waals surface area contributed by atoms with E-state index in [0.29, 0.717) is 18.0 Å². The molecule has 0 bridgehead atoms. The Bertz CT molecular complexity index is 749. The maximum Gasteiger partial charge on any atom is 0.282 e. The van der Waals surface area contributed by atoms with Gasteiger partial charge in [-0.05, 0) is 36.9 Å². The molecule has 0 atom stereocenters. The highest BCUT2D eigenvalue weighted by Crippen LogP contribution is 2.28. The first-order valence-corrected chi connectivity index (χ1v) is 8.65. The summed E-state index contributed by atoms with van der Waals surface area (Å²) in [6, 6.07) is 11.5. The van der Waals surface area contributed by atoms with E-state index < -0.39 is 10.8 Å². The minimum atomic E-state index is -0.557. The number of carbonyl (C=O) groups excluding carboxylic acids is 1. The third-order valence-corrected chi connectivity index (χ3v) is 3.97. The number of thioether (sulfide) groups is 1. The van der Waals surface area contributed by atoms with Gasteiger partial charge in [0.05, 0.1) is 17.2 Å².